The minimum Gasteiger partial charge on any atom is -0.355 e. The fraction of sp³-hybridized carbons (Fsp3) is 0.737. The molecule has 2 aliphatic heterocycles. The summed E-state index contributed by atoms with van der Waals surface area (Å²) in [5, 5.41) is 5.22. The molecule has 0 spiro atoms. The van der Waals surface area contributed by atoms with E-state index < -0.39 is 0 Å². The van der Waals surface area contributed by atoms with Gasteiger partial charge in [0.1, 0.15) is 0 Å². The van der Waals surface area contributed by atoms with Crippen LogP contribution in [0.5, 0.6) is 0 Å². The van der Waals surface area contributed by atoms with Crippen LogP contribution in [0, 0.1) is 5.92 Å². The second-order valence-corrected chi connectivity index (χ2v) is 8.17. The van der Waals surface area contributed by atoms with Crippen LogP contribution in [0.15, 0.2) is 17.5 Å². The van der Waals surface area contributed by atoms with Gasteiger partial charge >= 0.3 is 0 Å². The molecule has 1 aromatic rings. The number of rotatable bonds is 7. The molecule has 1 aromatic heterocycles. The summed E-state index contributed by atoms with van der Waals surface area (Å²) in [5.41, 5.74) is 0. The molecule has 1 amide bonds. The predicted octanol–water partition coefficient (Wildman–Crippen LogP) is 2.60. The second-order valence-electron chi connectivity index (χ2n) is 7.14. The number of nitrogens with one attached hydrogen (secondary N) is 1. The van der Waals surface area contributed by atoms with Crippen molar-refractivity contribution in [3.63, 3.8) is 0 Å². The molecule has 5 heteroatoms. The summed E-state index contributed by atoms with van der Waals surface area (Å²) in [5.74, 6) is 0.488. The van der Waals surface area contributed by atoms with Crippen LogP contribution in [-0.2, 0) is 11.2 Å². The van der Waals surface area contributed by atoms with E-state index in [-0.39, 0.29) is 11.8 Å². The van der Waals surface area contributed by atoms with Crippen LogP contribution < -0.4 is 5.32 Å². The third-order valence-corrected chi connectivity index (χ3v) is 6.33. The van der Waals surface area contributed by atoms with Gasteiger partial charge in [0.15, 0.2) is 0 Å². The molecule has 0 aromatic carbocycles. The fourth-order valence-electron chi connectivity index (χ4n) is 3.79. The Balaban J connectivity index is 1.28. The zero-order valence-corrected chi connectivity index (χ0v) is 15.5. The SMILES string of the molecule is O=C(NCCc1cccs1)C1CCN(CCN2CCCCC2)CC1. The highest BCUT2D eigenvalue weighted by atomic mass is 32.1. The molecular formula is C19H31N3OS. The van der Waals surface area contributed by atoms with E-state index in [9.17, 15) is 4.79 Å². The van der Waals surface area contributed by atoms with Gasteiger partial charge in [-0.3, -0.25) is 4.79 Å². The summed E-state index contributed by atoms with van der Waals surface area (Å²) >= 11 is 1.77. The topological polar surface area (TPSA) is 35.6 Å². The molecule has 3 heterocycles. The zero-order valence-electron chi connectivity index (χ0n) is 14.7. The maximum Gasteiger partial charge on any atom is 0.223 e. The van der Waals surface area contributed by atoms with Gasteiger partial charge in [-0.25, -0.2) is 0 Å². The lowest BCUT2D eigenvalue weighted by Crippen LogP contribution is -2.44. The van der Waals surface area contributed by atoms with Crippen LogP contribution in [0.2, 0.25) is 0 Å². The number of thiophene rings is 1. The van der Waals surface area contributed by atoms with Crippen molar-refractivity contribution in [2.75, 3.05) is 45.8 Å². The third-order valence-electron chi connectivity index (χ3n) is 5.39. The number of nitrogens with zero attached hydrogens (tertiary/aromatic N) is 2. The van der Waals surface area contributed by atoms with E-state index in [1.54, 1.807) is 11.3 Å². The predicted molar refractivity (Wildman–Crippen MR) is 100 cm³/mol. The molecule has 4 nitrogen and oxygen atoms in total. The van der Waals surface area contributed by atoms with Crippen LogP contribution in [0.4, 0.5) is 0 Å². The van der Waals surface area contributed by atoms with Gasteiger partial charge in [0.25, 0.3) is 0 Å². The first kappa shape index (κ1) is 17.9. The van der Waals surface area contributed by atoms with E-state index in [1.165, 1.54) is 50.3 Å². The van der Waals surface area contributed by atoms with Crippen molar-refractivity contribution in [2.45, 2.75) is 38.5 Å². The van der Waals surface area contributed by atoms with Crippen LogP contribution in [-0.4, -0.2) is 61.5 Å². The van der Waals surface area contributed by atoms with Crippen molar-refractivity contribution in [3.05, 3.63) is 22.4 Å². The summed E-state index contributed by atoms with van der Waals surface area (Å²) in [7, 11) is 0. The molecule has 0 radical (unpaired) electrons. The highest BCUT2D eigenvalue weighted by Gasteiger charge is 2.24. The maximum absolute atomic E-state index is 12.3. The Morgan fingerprint density at radius 1 is 1.08 bits per heavy atom. The van der Waals surface area contributed by atoms with Crippen molar-refractivity contribution >= 4 is 17.2 Å². The minimum atomic E-state index is 0.222. The molecular weight excluding hydrogens is 318 g/mol. The number of amides is 1. The summed E-state index contributed by atoms with van der Waals surface area (Å²) < 4.78 is 0. The van der Waals surface area contributed by atoms with Gasteiger partial charge in [-0.15, -0.1) is 11.3 Å². The Kier molecular flexibility index (Phi) is 7.12. The molecule has 2 aliphatic rings. The molecule has 2 fully saturated rings. The first-order chi connectivity index (χ1) is 11.8. The van der Waals surface area contributed by atoms with Gasteiger partial charge in [0.05, 0.1) is 0 Å². The second kappa shape index (κ2) is 9.54. The van der Waals surface area contributed by atoms with Gasteiger partial charge in [-0.2, -0.15) is 0 Å². The number of piperidine rings is 2. The average molecular weight is 350 g/mol. The number of hydrogen-bond acceptors (Lipinski definition) is 4. The quantitative estimate of drug-likeness (QED) is 0.822. The number of hydrogen-bond donors (Lipinski definition) is 1. The van der Waals surface area contributed by atoms with Gasteiger partial charge < -0.3 is 15.1 Å². The first-order valence-corrected chi connectivity index (χ1v) is 10.4. The van der Waals surface area contributed by atoms with Crippen LogP contribution in [0.25, 0.3) is 0 Å². The van der Waals surface area contributed by atoms with E-state index in [0.29, 0.717) is 0 Å². The molecule has 24 heavy (non-hydrogen) atoms. The molecule has 0 bridgehead atoms. The van der Waals surface area contributed by atoms with Crippen molar-refractivity contribution in [1.29, 1.82) is 0 Å². The standard InChI is InChI=1S/C19H31N3OS/c23-19(20-9-6-18-5-4-16-24-18)17-7-12-22(13-8-17)15-14-21-10-2-1-3-11-21/h4-5,16-17H,1-3,6-15H2,(H,20,23). The van der Waals surface area contributed by atoms with E-state index in [0.717, 1.165) is 38.9 Å². The lowest BCUT2D eigenvalue weighted by molar-refractivity contribution is -0.126. The Morgan fingerprint density at radius 2 is 1.79 bits per heavy atom. The number of carbonyl (C=O) groups is 1. The molecule has 1 N–H and O–H groups in total. The van der Waals surface area contributed by atoms with Gasteiger partial charge in [-0.1, -0.05) is 12.5 Å². The Hall–Kier alpha value is -0.910. The van der Waals surface area contributed by atoms with E-state index in [4.69, 9.17) is 0 Å². The van der Waals surface area contributed by atoms with E-state index in [1.807, 2.05) is 0 Å². The van der Waals surface area contributed by atoms with Gasteiger partial charge in [0.2, 0.25) is 5.91 Å². The van der Waals surface area contributed by atoms with Crippen LogP contribution >= 0.6 is 11.3 Å². The van der Waals surface area contributed by atoms with Crippen molar-refractivity contribution in [3.8, 4) is 0 Å². The summed E-state index contributed by atoms with van der Waals surface area (Å²) in [6.07, 6.45) is 7.14. The van der Waals surface area contributed by atoms with E-state index >= 15 is 0 Å². The number of carbonyl (C=O) groups excluding carboxylic acids is 1. The first-order valence-electron chi connectivity index (χ1n) is 9.56. The fourth-order valence-corrected chi connectivity index (χ4v) is 4.50. The summed E-state index contributed by atoms with van der Waals surface area (Å²) in [6, 6.07) is 4.21. The monoisotopic (exact) mass is 349 g/mol. The zero-order chi connectivity index (χ0) is 16.6. The Bertz CT molecular complexity index is 477. The smallest absolute Gasteiger partial charge is 0.223 e. The van der Waals surface area contributed by atoms with Crippen molar-refractivity contribution < 1.29 is 4.79 Å². The summed E-state index contributed by atoms with van der Waals surface area (Å²) in [6.45, 7) is 7.87. The summed E-state index contributed by atoms with van der Waals surface area (Å²) in [4.78, 5) is 18.8. The van der Waals surface area contributed by atoms with E-state index in [2.05, 4.69) is 32.6 Å². The Morgan fingerprint density at radius 3 is 2.46 bits per heavy atom. The molecule has 0 atom stereocenters. The Labute approximate surface area is 150 Å². The van der Waals surface area contributed by atoms with Crippen molar-refractivity contribution in [1.82, 2.24) is 15.1 Å². The molecule has 0 unspecified atom stereocenters. The molecule has 134 valence electrons. The highest BCUT2D eigenvalue weighted by Crippen LogP contribution is 2.18. The third kappa shape index (κ3) is 5.57. The molecule has 0 aliphatic carbocycles. The van der Waals surface area contributed by atoms with Crippen LogP contribution in [0.1, 0.15) is 37.0 Å². The average Bonchev–Trinajstić information content (AvgIpc) is 3.15. The van der Waals surface area contributed by atoms with Crippen LogP contribution in [0.3, 0.4) is 0 Å². The molecule has 2 saturated heterocycles. The van der Waals surface area contributed by atoms with Gasteiger partial charge in [-0.05, 0) is 69.7 Å². The maximum atomic E-state index is 12.3. The normalized spacial score (nSPS) is 21.0. The highest BCUT2D eigenvalue weighted by molar-refractivity contribution is 7.09. The van der Waals surface area contributed by atoms with Crippen molar-refractivity contribution in [2.24, 2.45) is 5.92 Å². The number of likely N-dealkylation sites (tertiary alicyclic amines) is 2. The largest absolute Gasteiger partial charge is 0.355 e. The molecule has 3 rings (SSSR count). The minimum absolute atomic E-state index is 0.222. The van der Waals surface area contributed by atoms with Gasteiger partial charge in [0, 0.05) is 30.4 Å². The lowest BCUT2D eigenvalue weighted by atomic mass is 9.96. The lowest BCUT2D eigenvalue weighted by Gasteiger charge is -2.34. The molecule has 0 saturated carbocycles.